The van der Waals surface area contributed by atoms with Crippen molar-refractivity contribution in [3.63, 3.8) is 0 Å². The van der Waals surface area contributed by atoms with Crippen LogP contribution < -0.4 is 20.7 Å². The number of amides is 2. The van der Waals surface area contributed by atoms with Crippen molar-refractivity contribution >= 4 is 29.8 Å². The molecule has 0 spiro atoms. The molecule has 0 aliphatic carbocycles. The maximum absolute atomic E-state index is 11.8. The highest BCUT2D eigenvalue weighted by Crippen LogP contribution is 2.14. The number of hydrazone groups is 2. The Morgan fingerprint density at radius 1 is 0.700 bits per heavy atom. The normalized spacial score (nSPS) is 11.1. The lowest BCUT2D eigenvalue weighted by Crippen LogP contribution is -2.28. The summed E-state index contributed by atoms with van der Waals surface area (Å²) >= 11 is 0. The van der Waals surface area contributed by atoms with E-state index in [0.29, 0.717) is 0 Å². The molecular weight excluding hydrogens is 376 g/mol. The molecule has 0 bridgehead atoms. The van der Waals surface area contributed by atoms with Gasteiger partial charge in [0.25, 0.3) is 0 Å². The molecule has 0 radical (unpaired) electrons. The fourth-order valence-electron chi connectivity index (χ4n) is 3.08. The molecule has 0 saturated carbocycles. The van der Waals surface area contributed by atoms with Crippen LogP contribution in [-0.4, -0.2) is 44.6 Å². The van der Waals surface area contributed by atoms with Crippen molar-refractivity contribution in [1.29, 1.82) is 0 Å². The number of carbonyl (C=O) groups is 1. The summed E-state index contributed by atoms with van der Waals surface area (Å²) in [7, 11) is 0. The zero-order valence-electron chi connectivity index (χ0n) is 18.3. The second-order valence-corrected chi connectivity index (χ2v) is 6.60. The zero-order valence-corrected chi connectivity index (χ0v) is 18.3. The van der Waals surface area contributed by atoms with Crippen molar-refractivity contribution < 1.29 is 4.79 Å². The van der Waals surface area contributed by atoms with Crippen LogP contribution in [0.1, 0.15) is 38.8 Å². The van der Waals surface area contributed by atoms with Gasteiger partial charge in [-0.15, -0.1) is 0 Å². The highest BCUT2D eigenvalue weighted by Gasteiger charge is 2.02. The van der Waals surface area contributed by atoms with E-state index >= 15 is 0 Å². The molecule has 0 atom stereocenters. The van der Waals surface area contributed by atoms with Gasteiger partial charge < -0.3 is 9.80 Å². The Morgan fingerprint density at radius 3 is 1.33 bits per heavy atom. The van der Waals surface area contributed by atoms with Gasteiger partial charge in [-0.05, 0) is 63.1 Å². The predicted molar refractivity (Wildman–Crippen MR) is 127 cm³/mol. The molecule has 30 heavy (non-hydrogen) atoms. The van der Waals surface area contributed by atoms with Gasteiger partial charge in [0.1, 0.15) is 0 Å². The van der Waals surface area contributed by atoms with Gasteiger partial charge in [-0.25, -0.2) is 15.6 Å². The van der Waals surface area contributed by atoms with Gasteiger partial charge in [0.15, 0.2) is 0 Å². The Kier molecular flexibility index (Phi) is 9.37. The topological polar surface area (TPSA) is 72.3 Å². The summed E-state index contributed by atoms with van der Waals surface area (Å²) in [6.07, 6.45) is 3.20. The Morgan fingerprint density at radius 2 is 1.03 bits per heavy atom. The molecule has 0 unspecified atom stereocenters. The van der Waals surface area contributed by atoms with Crippen LogP contribution in [0.5, 0.6) is 0 Å². The first-order valence-corrected chi connectivity index (χ1v) is 10.4. The molecule has 0 aliphatic heterocycles. The molecule has 2 rings (SSSR count). The first-order valence-electron chi connectivity index (χ1n) is 10.4. The summed E-state index contributed by atoms with van der Waals surface area (Å²) in [5.74, 6) is 0. The molecule has 160 valence electrons. The third-order valence-electron chi connectivity index (χ3n) is 4.80. The number of nitrogens with zero attached hydrogens (tertiary/aromatic N) is 4. The van der Waals surface area contributed by atoms with E-state index in [9.17, 15) is 4.79 Å². The van der Waals surface area contributed by atoms with E-state index in [-0.39, 0.29) is 0 Å². The molecular formula is C23H32N6O. The lowest BCUT2D eigenvalue weighted by atomic mass is 10.2. The fraction of sp³-hybridized carbons (Fsp3) is 0.348. The van der Waals surface area contributed by atoms with E-state index in [1.807, 2.05) is 48.5 Å². The summed E-state index contributed by atoms with van der Waals surface area (Å²) in [6.45, 7) is 12.4. The summed E-state index contributed by atoms with van der Waals surface area (Å²) < 4.78 is 0. The van der Waals surface area contributed by atoms with Gasteiger partial charge >= 0.3 is 6.03 Å². The standard InChI is InChI=1S/C23H32N6O/c1-5-28(6-2)21-13-9-19(10-14-21)17-24-26-23(30)27-25-18-20-11-15-22(16-12-20)29(7-3)8-4/h9-18H,5-8H2,1-4H3,(H2,26,27,30). The van der Waals surface area contributed by atoms with Crippen LogP contribution in [0, 0.1) is 0 Å². The molecule has 0 fully saturated rings. The summed E-state index contributed by atoms with van der Waals surface area (Å²) in [5, 5.41) is 7.90. The fourth-order valence-corrected chi connectivity index (χ4v) is 3.08. The van der Waals surface area contributed by atoms with Gasteiger partial charge in [0, 0.05) is 37.6 Å². The Bertz CT molecular complexity index is 752. The maximum Gasteiger partial charge on any atom is 0.355 e. The second-order valence-electron chi connectivity index (χ2n) is 6.60. The van der Waals surface area contributed by atoms with Crippen LogP contribution in [0.4, 0.5) is 16.2 Å². The molecule has 0 aliphatic rings. The molecule has 7 heteroatoms. The van der Waals surface area contributed by atoms with E-state index in [2.05, 4.69) is 58.5 Å². The number of nitrogens with one attached hydrogen (secondary N) is 2. The Balaban J connectivity index is 1.80. The average Bonchev–Trinajstić information content (AvgIpc) is 2.77. The molecule has 2 N–H and O–H groups in total. The minimum Gasteiger partial charge on any atom is -0.372 e. The van der Waals surface area contributed by atoms with Crippen molar-refractivity contribution in [3.05, 3.63) is 59.7 Å². The van der Waals surface area contributed by atoms with Crippen molar-refractivity contribution in [1.82, 2.24) is 10.9 Å². The molecule has 2 amide bonds. The minimum atomic E-state index is -0.498. The number of benzene rings is 2. The summed E-state index contributed by atoms with van der Waals surface area (Å²) in [5.41, 5.74) is 8.96. The van der Waals surface area contributed by atoms with E-state index in [1.165, 1.54) is 11.4 Å². The van der Waals surface area contributed by atoms with Crippen LogP contribution in [-0.2, 0) is 0 Å². The number of hydrogen-bond donors (Lipinski definition) is 2. The van der Waals surface area contributed by atoms with Gasteiger partial charge in [0.2, 0.25) is 0 Å². The Hall–Kier alpha value is -3.35. The number of hydrogen-bond acceptors (Lipinski definition) is 5. The van der Waals surface area contributed by atoms with Crippen molar-refractivity contribution in [2.24, 2.45) is 10.2 Å². The van der Waals surface area contributed by atoms with E-state index in [4.69, 9.17) is 0 Å². The quantitative estimate of drug-likeness (QED) is 0.460. The van der Waals surface area contributed by atoms with E-state index in [1.54, 1.807) is 12.4 Å². The first kappa shape index (κ1) is 22.9. The van der Waals surface area contributed by atoms with Crippen LogP contribution in [0.25, 0.3) is 0 Å². The molecule has 0 saturated heterocycles. The minimum absolute atomic E-state index is 0.498. The number of anilines is 2. The smallest absolute Gasteiger partial charge is 0.355 e. The third kappa shape index (κ3) is 6.92. The van der Waals surface area contributed by atoms with Crippen LogP contribution in [0.15, 0.2) is 58.7 Å². The average molecular weight is 409 g/mol. The van der Waals surface area contributed by atoms with Crippen molar-refractivity contribution in [2.45, 2.75) is 27.7 Å². The maximum atomic E-state index is 11.8. The molecule has 0 heterocycles. The lowest BCUT2D eigenvalue weighted by molar-refractivity contribution is 0.242. The van der Waals surface area contributed by atoms with Gasteiger partial charge in [0.05, 0.1) is 12.4 Å². The molecule has 2 aromatic carbocycles. The summed E-state index contributed by atoms with van der Waals surface area (Å²) in [4.78, 5) is 16.3. The monoisotopic (exact) mass is 408 g/mol. The second kappa shape index (κ2) is 12.3. The number of rotatable bonds is 10. The molecule has 7 nitrogen and oxygen atoms in total. The van der Waals surface area contributed by atoms with Crippen molar-refractivity contribution in [2.75, 3.05) is 36.0 Å². The van der Waals surface area contributed by atoms with Crippen LogP contribution in [0.3, 0.4) is 0 Å². The van der Waals surface area contributed by atoms with Gasteiger partial charge in [-0.1, -0.05) is 24.3 Å². The Labute approximate surface area is 179 Å². The van der Waals surface area contributed by atoms with E-state index < -0.39 is 6.03 Å². The third-order valence-corrected chi connectivity index (χ3v) is 4.80. The lowest BCUT2D eigenvalue weighted by Gasteiger charge is -2.20. The molecule has 2 aromatic rings. The van der Waals surface area contributed by atoms with Gasteiger partial charge in [-0.3, -0.25) is 0 Å². The highest BCUT2D eigenvalue weighted by molar-refractivity contribution is 5.84. The zero-order chi connectivity index (χ0) is 21.8. The van der Waals surface area contributed by atoms with E-state index in [0.717, 1.165) is 37.3 Å². The molecule has 0 aromatic heterocycles. The van der Waals surface area contributed by atoms with Gasteiger partial charge in [-0.2, -0.15) is 10.2 Å². The number of carbonyl (C=O) groups excluding carboxylic acids is 1. The first-order chi connectivity index (χ1) is 14.6. The van der Waals surface area contributed by atoms with Crippen molar-refractivity contribution in [3.8, 4) is 0 Å². The van der Waals surface area contributed by atoms with Crippen LogP contribution in [0.2, 0.25) is 0 Å². The SMILES string of the molecule is CCN(CC)c1ccc(C=NNC(=O)NN=Cc2ccc(N(CC)CC)cc2)cc1. The highest BCUT2D eigenvalue weighted by atomic mass is 16.2. The predicted octanol–water partition coefficient (Wildman–Crippen LogP) is 4.05. The van der Waals surface area contributed by atoms with Crippen LogP contribution >= 0.6 is 0 Å². The largest absolute Gasteiger partial charge is 0.372 e. The summed E-state index contributed by atoms with van der Waals surface area (Å²) in [6, 6.07) is 15.6. The number of urea groups is 1.